The van der Waals surface area contributed by atoms with Gasteiger partial charge in [0.2, 0.25) is 5.91 Å². The van der Waals surface area contributed by atoms with E-state index in [9.17, 15) is 28.7 Å². The highest BCUT2D eigenvalue weighted by Gasteiger charge is 2.58. The summed E-state index contributed by atoms with van der Waals surface area (Å²) in [6, 6.07) is -0.936. The molecule has 0 fully saturated rings. The number of carbonyl (C=O) groups is 2. The Morgan fingerprint density at radius 2 is 1.63 bits per heavy atom. The highest BCUT2D eigenvalue weighted by Crippen LogP contribution is 2.69. The number of alkyl halides is 1. The zero-order valence-electron chi connectivity index (χ0n) is 13.9. The largest absolute Gasteiger partial charge is 0.369 e. The first-order valence-electron chi connectivity index (χ1n) is 7.35. The summed E-state index contributed by atoms with van der Waals surface area (Å²) in [5, 5.41) is 13.5. The molecule has 0 spiro atoms. The van der Waals surface area contributed by atoms with E-state index in [0.29, 0.717) is 5.01 Å². The summed E-state index contributed by atoms with van der Waals surface area (Å²) in [6.45, 7) is -0.715. The van der Waals surface area contributed by atoms with Gasteiger partial charge in [0.15, 0.2) is 0 Å². The third kappa shape index (κ3) is 8.20. The van der Waals surface area contributed by atoms with Crippen LogP contribution in [0, 0.1) is 4.91 Å². The average Bonchev–Trinajstić information content (AvgIpc) is 2.54. The number of aliphatic hydroxyl groups is 1. The van der Waals surface area contributed by atoms with Crippen LogP contribution in [0.4, 0.5) is 4.79 Å². The van der Waals surface area contributed by atoms with E-state index in [4.69, 9.17) is 31.2 Å². The number of urea groups is 1. The van der Waals surface area contributed by atoms with Crippen LogP contribution in [0.25, 0.3) is 0 Å². The second-order valence-electron chi connectivity index (χ2n) is 5.22. The van der Waals surface area contributed by atoms with Crippen LogP contribution in [-0.2, 0) is 13.9 Å². The van der Waals surface area contributed by atoms with Crippen LogP contribution in [0.15, 0.2) is 5.29 Å². The predicted octanol–water partition coefficient (Wildman–Crippen LogP) is -0.794. The Balaban J connectivity index is 4.30. The second kappa shape index (κ2) is 11.0. The van der Waals surface area contributed by atoms with E-state index in [1.807, 2.05) is 0 Å². The Kier molecular flexibility index (Phi) is 10.6. The first kappa shape index (κ1) is 25.9. The Hall–Kier alpha value is -1.11. The molecule has 0 aliphatic heterocycles. The molecule has 27 heavy (non-hydrogen) atoms. The minimum absolute atomic E-state index is 0.0241. The quantitative estimate of drug-likeness (QED) is 0.0638. The minimum Gasteiger partial charge on any atom is -0.368 e. The van der Waals surface area contributed by atoms with Gasteiger partial charge in [0, 0.05) is 12.4 Å². The van der Waals surface area contributed by atoms with Crippen molar-refractivity contribution in [2.24, 2.45) is 5.29 Å². The first-order chi connectivity index (χ1) is 12.3. The Labute approximate surface area is 158 Å². The average molecular weight is 455 g/mol. The van der Waals surface area contributed by atoms with Crippen molar-refractivity contribution in [3.63, 3.8) is 0 Å². The second-order valence-corrected chi connectivity index (χ2v) is 9.61. The lowest BCUT2D eigenvalue weighted by atomic mass is 10.2. The monoisotopic (exact) mass is 454 g/mol. The van der Waals surface area contributed by atoms with Gasteiger partial charge < -0.3 is 35.3 Å². The van der Waals surface area contributed by atoms with Gasteiger partial charge >= 0.3 is 21.2 Å². The number of nitrogens with zero attached hydrogens (tertiary/aromatic N) is 2. The summed E-state index contributed by atoms with van der Waals surface area (Å²) in [4.78, 5) is 69.2. The van der Waals surface area contributed by atoms with Gasteiger partial charge in [-0.3, -0.25) is 13.9 Å². The van der Waals surface area contributed by atoms with E-state index in [1.165, 1.54) is 0 Å². The van der Waals surface area contributed by atoms with E-state index in [0.717, 1.165) is 0 Å². The zero-order valence-corrected chi connectivity index (χ0v) is 16.4. The van der Waals surface area contributed by atoms with E-state index < -0.39 is 45.2 Å². The third-order valence-electron chi connectivity index (χ3n) is 3.22. The molecule has 0 saturated heterocycles. The predicted molar refractivity (Wildman–Crippen MR) is 92.5 cm³/mol. The summed E-state index contributed by atoms with van der Waals surface area (Å²) in [5.41, 5.74) is 0. The van der Waals surface area contributed by atoms with Crippen molar-refractivity contribution in [3.05, 3.63) is 4.91 Å². The number of nitrogens with one attached hydrogen (secondary N) is 2. The Bertz CT molecular complexity index is 601. The smallest absolute Gasteiger partial charge is 0.368 e. The fraction of sp³-hybridized carbons (Fsp3) is 0.800. The number of amides is 3. The molecule has 0 heterocycles. The van der Waals surface area contributed by atoms with Crippen LogP contribution in [0.1, 0.15) is 19.3 Å². The van der Waals surface area contributed by atoms with Gasteiger partial charge in [0.05, 0.1) is 18.4 Å². The van der Waals surface area contributed by atoms with E-state index in [-0.39, 0.29) is 31.8 Å². The number of halogens is 1. The van der Waals surface area contributed by atoms with Gasteiger partial charge in [-0.15, -0.1) is 16.5 Å². The number of hydrogen-bond donors (Lipinski definition) is 7. The SMILES string of the molecule is O=NN(CCCl)C(=O)NCC(=O)NCCCCC(O)(P(=O)(O)O)P(=O)(O)O. The van der Waals surface area contributed by atoms with Crippen LogP contribution in [0.5, 0.6) is 0 Å². The molecule has 17 heteroatoms. The summed E-state index contributed by atoms with van der Waals surface area (Å²) in [6.07, 6.45) is -1.10. The van der Waals surface area contributed by atoms with Crippen molar-refractivity contribution >= 4 is 38.7 Å². The molecule has 0 saturated carbocycles. The molecule has 14 nitrogen and oxygen atoms in total. The Morgan fingerprint density at radius 3 is 2.07 bits per heavy atom. The Morgan fingerprint density at radius 1 is 1.07 bits per heavy atom. The van der Waals surface area contributed by atoms with Crippen molar-refractivity contribution in [1.29, 1.82) is 0 Å². The maximum Gasteiger partial charge on any atom is 0.369 e. The lowest BCUT2D eigenvalue weighted by Crippen LogP contribution is -2.43. The molecule has 0 bridgehead atoms. The minimum atomic E-state index is -5.51. The highest BCUT2D eigenvalue weighted by molar-refractivity contribution is 7.72. The molecule has 0 aliphatic rings. The molecule has 0 aromatic carbocycles. The van der Waals surface area contributed by atoms with Gasteiger partial charge in [0.1, 0.15) is 0 Å². The lowest BCUT2D eigenvalue weighted by Gasteiger charge is -2.29. The number of unbranched alkanes of at least 4 members (excludes halogenated alkanes) is 1. The van der Waals surface area contributed by atoms with Crippen LogP contribution >= 0.6 is 26.8 Å². The maximum atomic E-state index is 11.5. The number of hydrogen-bond acceptors (Lipinski definition) is 7. The molecular weight excluding hydrogens is 434 g/mol. The fourth-order valence-corrected chi connectivity index (χ4v) is 4.16. The van der Waals surface area contributed by atoms with Crippen LogP contribution in [0.2, 0.25) is 0 Å². The highest BCUT2D eigenvalue weighted by atomic mass is 35.5. The number of nitroso groups, excluding NO2 is 1. The molecular formula is C10H21ClN4O10P2. The zero-order chi connectivity index (χ0) is 21.3. The number of rotatable bonds is 12. The molecule has 0 aliphatic carbocycles. The van der Waals surface area contributed by atoms with Crippen molar-refractivity contribution < 1.29 is 43.4 Å². The summed E-state index contributed by atoms with van der Waals surface area (Å²) < 4.78 is 22.3. The van der Waals surface area contributed by atoms with Crippen molar-refractivity contribution in [2.45, 2.75) is 24.3 Å². The molecule has 0 aromatic rings. The standard InChI is InChI=1S/C10H21ClN4O10P2/c11-4-6-15(14-19)9(17)13-7-8(16)12-5-2-1-3-10(18,26(20,21)22)27(23,24)25/h18H,1-7H2,(H,12,16)(H,13,17)(H2,20,21,22)(H2,23,24,25). The normalized spacial score (nSPS) is 12.4. The van der Waals surface area contributed by atoms with Crippen LogP contribution < -0.4 is 10.6 Å². The first-order valence-corrected chi connectivity index (χ1v) is 11.1. The van der Waals surface area contributed by atoms with E-state index in [2.05, 4.69) is 15.9 Å². The van der Waals surface area contributed by atoms with E-state index in [1.54, 1.807) is 0 Å². The molecule has 7 N–H and O–H groups in total. The molecule has 0 atom stereocenters. The lowest BCUT2D eigenvalue weighted by molar-refractivity contribution is -0.120. The maximum absolute atomic E-state index is 11.5. The molecule has 0 rings (SSSR count). The molecule has 0 unspecified atom stereocenters. The van der Waals surface area contributed by atoms with Gasteiger partial charge in [0.25, 0.3) is 5.08 Å². The van der Waals surface area contributed by atoms with E-state index >= 15 is 0 Å². The van der Waals surface area contributed by atoms with Gasteiger partial charge in [-0.25, -0.2) is 4.79 Å². The summed E-state index contributed by atoms with van der Waals surface area (Å²) >= 11 is 5.35. The topological polar surface area (TPSA) is 226 Å². The summed E-state index contributed by atoms with van der Waals surface area (Å²) in [5.74, 6) is -0.707. The molecule has 0 aromatic heterocycles. The van der Waals surface area contributed by atoms with Crippen molar-refractivity contribution in [1.82, 2.24) is 15.6 Å². The van der Waals surface area contributed by atoms with Crippen LogP contribution in [0.3, 0.4) is 0 Å². The van der Waals surface area contributed by atoms with Crippen molar-refractivity contribution in [2.75, 3.05) is 25.5 Å². The van der Waals surface area contributed by atoms with Crippen molar-refractivity contribution in [3.8, 4) is 0 Å². The van der Waals surface area contributed by atoms with Gasteiger partial charge in [-0.1, -0.05) is 0 Å². The summed E-state index contributed by atoms with van der Waals surface area (Å²) in [7, 11) is -11.0. The molecule has 158 valence electrons. The molecule has 0 radical (unpaired) electrons. The molecule has 3 amide bonds. The van der Waals surface area contributed by atoms with Crippen LogP contribution in [-0.4, -0.2) is 72.2 Å². The third-order valence-corrected chi connectivity index (χ3v) is 7.27. The van der Waals surface area contributed by atoms with Gasteiger partial charge in [-0.2, -0.15) is 5.01 Å². The number of carbonyl (C=O) groups excluding carboxylic acids is 2. The fourth-order valence-electron chi connectivity index (χ4n) is 1.75. The van der Waals surface area contributed by atoms with Gasteiger partial charge in [-0.05, 0) is 19.3 Å².